The van der Waals surface area contributed by atoms with Crippen LogP contribution in [-0.2, 0) is 6.42 Å². The van der Waals surface area contributed by atoms with Crippen molar-refractivity contribution >= 4 is 11.6 Å². The zero-order valence-electron chi connectivity index (χ0n) is 11.0. The predicted molar refractivity (Wildman–Crippen MR) is 78.0 cm³/mol. The van der Waals surface area contributed by atoms with Crippen molar-refractivity contribution in [1.82, 2.24) is 4.90 Å². The minimum atomic E-state index is 0.0240. The van der Waals surface area contributed by atoms with Gasteiger partial charge < -0.3 is 10.6 Å². The minimum Gasteiger partial charge on any atom is -0.399 e. The highest BCUT2D eigenvalue weighted by Crippen LogP contribution is 2.09. The van der Waals surface area contributed by atoms with E-state index in [2.05, 4.69) is 12.1 Å². The SMILES string of the molecule is CN(CCc1ccccc1)C(=O)c1ccc(N)cc1. The van der Waals surface area contributed by atoms with Crippen molar-refractivity contribution in [3.8, 4) is 0 Å². The van der Waals surface area contributed by atoms with Crippen molar-refractivity contribution in [3.05, 3.63) is 65.7 Å². The Bertz CT molecular complexity index is 534. The summed E-state index contributed by atoms with van der Waals surface area (Å²) in [5.41, 5.74) is 8.19. The van der Waals surface area contributed by atoms with Crippen LogP contribution in [-0.4, -0.2) is 24.4 Å². The van der Waals surface area contributed by atoms with Crippen LogP contribution < -0.4 is 5.73 Å². The Labute approximate surface area is 113 Å². The largest absolute Gasteiger partial charge is 0.399 e. The average molecular weight is 254 g/mol. The number of nitrogens with zero attached hydrogens (tertiary/aromatic N) is 1. The average Bonchev–Trinajstić information content (AvgIpc) is 2.46. The maximum atomic E-state index is 12.2. The lowest BCUT2D eigenvalue weighted by Crippen LogP contribution is -2.28. The number of anilines is 1. The Kier molecular flexibility index (Phi) is 4.18. The van der Waals surface area contributed by atoms with E-state index in [0.29, 0.717) is 17.8 Å². The normalized spacial score (nSPS) is 10.2. The molecule has 0 bridgehead atoms. The van der Waals surface area contributed by atoms with E-state index in [9.17, 15) is 4.79 Å². The van der Waals surface area contributed by atoms with Gasteiger partial charge in [-0.25, -0.2) is 0 Å². The maximum absolute atomic E-state index is 12.2. The number of benzene rings is 2. The fourth-order valence-electron chi connectivity index (χ4n) is 1.89. The summed E-state index contributed by atoms with van der Waals surface area (Å²) in [4.78, 5) is 13.9. The highest BCUT2D eigenvalue weighted by molar-refractivity contribution is 5.94. The highest BCUT2D eigenvalue weighted by atomic mass is 16.2. The van der Waals surface area contributed by atoms with Crippen LogP contribution in [0.1, 0.15) is 15.9 Å². The van der Waals surface area contributed by atoms with Crippen LogP contribution in [0.2, 0.25) is 0 Å². The Morgan fingerprint density at radius 2 is 1.68 bits per heavy atom. The van der Waals surface area contributed by atoms with E-state index in [1.165, 1.54) is 5.56 Å². The lowest BCUT2D eigenvalue weighted by atomic mass is 10.1. The van der Waals surface area contributed by atoms with Gasteiger partial charge in [-0.1, -0.05) is 30.3 Å². The van der Waals surface area contributed by atoms with Crippen LogP contribution in [0.25, 0.3) is 0 Å². The van der Waals surface area contributed by atoms with Crippen molar-refractivity contribution < 1.29 is 4.79 Å². The molecule has 0 saturated heterocycles. The minimum absolute atomic E-state index is 0.0240. The molecule has 3 nitrogen and oxygen atoms in total. The van der Waals surface area contributed by atoms with Crippen LogP contribution >= 0.6 is 0 Å². The van der Waals surface area contributed by atoms with Gasteiger partial charge >= 0.3 is 0 Å². The molecule has 19 heavy (non-hydrogen) atoms. The fraction of sp³-hybridized carbons (Fsp3) is 0.188. The first-order chi connectivity index (χ1) is 9.16. The van der Waals surface area contributed by atoms with Gasteiger partial charge in [0.1, 0.15) is 0 Å². The summed E-state index contributed by atoms with van der Waals surface area (Å²) in [7, 11) is 1.82. The monoisotopic (exact) mass is 254 g/mol. The number of likely N-dealkylation sites (N-methyl/N-ethyl adjacent to an activating group) is 1. The molecule has 0 aliphatic rings. The summed E-state index contributed by atoms with van der Waals surface area (Å²) < 4.78 is 0. The van der Waals surface area contributed by atoms with Crippen molar-refractivity contribution in [2.45, 2.75) is 6.42 Å². The van der Waals surface area contributed by atoms with E-state index in [1.807, 2.05) is 25.2 Å². The lowest BCUT2D eigenvalue weighted by molar-refractivity contribution is 0.0796. The van der Waals surface area contributed by atoms with E-state index in [0.717, 1.165) is 6.42 Å². The van der Waals surface area contributed by atoms with E-state index < -0.39 is 0 Å². The molecular weight excluding hydrogens is 236 g/mol. The number of rotatable bonds is 4. The molecule has 2 aromatic rings. The van der Waals surface area contributed by atoms with E-state index in [1.54, 1.807) is 29.2 Å². The Hall–Kier alpha value is -2.29. The molecule has 0 fully saturated rings. The zero-order valence-corrected chi connectivity index (χ0v) is 11.0. The molecule has 0 unspecified atom stereocenters. The molecule has 0 heterocycles. The molecule has 0 aromatic heterocycles. The summed E-state index contributed by atoms with van der Waals surface area (Å²) in [6.45, 7) is 0.702. The number of carbonyl (C=O) groups is 1. The Morgan fingerprint density at radius 3 is 2.32 bits per heavy atom. The number of amides is 1. The van der Waals surface area contributed by atoms with E-state index in [4.69, 9.17) is 5.73 Å². The Balaban J connectivity index is 1.94. The molecule has 0 radical (unpaired) electrons. The van der Waals surface area contributed by atoms with Crippen LogP contribution in [0.3, 0.4) is 0 Å². The second-order valence-corrected chi connectivity index (χ2v) is 4.58. The summed E-state index contributed by atoms with van der Waals surface area (Å²) in [6, 6.07) is 17.2. The van der Waals surface area contributed by atoms with Crippen molar-refractivity contribution in [3.63, 3.8) is 0 Å². The molecule has 1 amide bonds. The second kappa shape index (κ2) is 6.05. The van der Waals surface area contributed by atoms with Crippen LogP contribution in [0.4, 0.5) is 5.69 Å². The van der Waals surface area contributed by atoms with Crippen LogP contribution in [0, 0.1) is 0 Å². The van der Waals surface area contributed by atoms with E-state index in [-0.39, 0.29) is 5.91 Å². The summed E-state index contributed by atoms with van der Waals surface area (Å²) in [5.74, 6) is 0.0240. The van der Waals surface area contributed by atoms with Crippen LogP contribution in [0.5, 0.6) is 0 Å². The first-order valence-corrected chi connectivity index (χ1v) is 6.32. The molecular formula is C16H18N2O. The molecule has 2 N–H and O–H groups in total. The molecule has 0 spiro atoms. The molecule has 0 atom stereocenters. The quantitative estimate of drug-likeness (QED) is 0.852. The molecule has 2 aromatic carbocycles. The van der Waals surface area contributed by atoms with Crippen molar-refractivity contribution in [1.29, 1.82) is 0 Å². The third kappa shape index (κ3) is 3.58. The van der Waals surface area contributed by atoms with Gasteiger partial charge in [0.05, 0.1) is 0 Å². The first kappa shape index (κ1) is 13.1. The lowest BCUT2D eigenvalue weighted by Gasteiger charge is -2.17. The van der Waals surface area contributed by atoms with Gasteiger partial charge in [0.2, 0.25) is 0 Å². The van der Waals surface area contributed by atoms with Gasteiger partial charge in [-0.3, -0.25) is 4.79 Å². The molecule has 0 aliphatic carbocycles. The standard InChI is InChI=1S/C16H18N2O/c1-18(12-11-13-5-3-2-4-6-13)16(19)14-7-9-15(17)10-8-14/h2-10H,11-12,17H2,1H3. The third-order valence-corrected chi connectivity index (χ3v) is 3.08. The topological polar surface area (TPSA) is 46.3 Å². The molecule has 0 saturated carbocycles. The molecule has 2 rings (SSSR count). The first-order valence-electron chi connectivity index (χ1n) is 6.32. The zero-order chi connectivity index (χ0) is 13.7. The second-order valence-electron chi connectivity index (χ2n) is 4.58. The predicted octanol–water partition coefficient (Wildman–Crippen LogP) is 2.58. The molecule has 98 valence electrons. The van der Waals surface area contributed by atoms with Gasteiger partial charge in [0.25, 0.3) is 5.91 Å². The highest BCUT2D eigenvalue weighted by Gasteiger charge is 2.10. The van der Waals surface area contributed by atoms with Gasteiger partial charge in [-0.05, 0) is 36.2 Å². The molecule has 3 heteroatoms. The Morgan fingerprint density at radius 1 is 1.05 bits per heavy atom. The number of nitrogens with two attached hydrogens (primary N) is 1. The maximum Gasteiger partial charge on any atom is 0.253 e. The third-order valence-electron chi connectivity index (χ3n) is 3.08. The van der Waals surface area contributed by atoms with Gasteiger partial charge in [0.15, 0.2) is 0 Å². The summed E-state index contributed by atoms with van der Waals surface area (Å²) in [6.07, 6.45) is 0.859. The van der Waals surface area contributed by atoms with E-state index >= 15 is 0 Å². The fourth-order valence-corrected chi connectivity index (χ4v) is 1.89. The van der Waals surface area contributed by atoms with Crippen molar-refractivity contribution in [2.24, 2.45) is 0 Å². The van der Waals surface area contributed by atoms with Gasteiger partial charge in [-0.2, -0.15) is 0 Å². The van der Waals surface area contributed by atoms with Gasteiger partial charge in [-0.15, -0.1) is 0 Å². The summed E-state index contributed by atoms with van der Waals surface area (Å²) >= 11 is 0. The number of nitrogen functional groups attached to an aromatic ring is 1. The smallest absolute Gasteiger partial charge is 0.253 e. The number of hydrogen-bond acceptors (Lipinski definition) is 2. The number of hydrogen-bond donors (Lipinski definition) is 1. The van der Waals surface area contributed by atoms with Gasteiger partial charge in [0, 0.05) is 24.8 Å². The number of carbonyl (C=O) groups excluding carboxylic acids is 1. The van der Waals surface area contributed by atoms with Crippen molar-refractivity contribution in [2.75, 3.05) is 19.3 Å². The van der Waals surface area contributed by atoms with Crippen LogP contribution in [0.15, 0.2) is 54.6 Å². The summed E-state index contributed by atoms with van der Waals surface area (Å²) in [5, 5.41) is 0. The molecule has 0 aliphatic heterocycles.